The maximum absolute atomic E-state index is 13.8. The van der Waals surface area contributed by atoms with E-state index in [0.29, 0.717) is 12.5 Å². The first-order chi connectivity index (χ1) is 8.46. The summed E-state index contributed by atoms with van der Waals surface area (Å²) >= 11 is 0. The summed E-state index contributed by atoms with van der Waals surface area (Å²) in [6.45, 7) is 2.35. The van der Waals surface area contributed by atoms with Crippen LogP contribution in [-0.2, 0) is 0 Å². The van der Waals surface area contributed by atoms with Crippen LogP contribution in [-0.4, -0.2) is 17.0 Å². The van der Waals surface area contributed by atoms with Crippen LogP contribution in [0.25, 0.3) is 0 Å². The third-order valence-corrected chi connectivity index (χ3v) is 3.49. The van der Waals surface area contributed by atoms with Crippen molar-refractivity contribution < 1.29 is 9.31 Å². The van der Waals surface area contributed by atoms with Crippen molar-refractivity contribution in [2.75, 3.05) is 11.9 Å². The van der Waals surface area contributed by atoms with Gasteiger partial charge in [-0.15, -0.1) is 0 Å². The van der Waals surface area contributed by atoms with Gasteiger partial charge in [-0.3, -0.25) is 10.1 Å². The monoisotopic (exact) mass is 253 g/mol. The van der Waals surface area contributed by atoms with Crippen LogP contribution in [0.1, 0.15) is 19.8 Å². The van der Waals surface area contributed by atoms with Crippen molar-refractivity contribution in [3.8, 4) is 0 Å². The van der Waals surface area contributed by atoms with Gasteiger partial charge < -0.3 is 11.1 Å². The van der Waals surface area contributed by atoms with E-state index in [1.165, 1.54) is 12.1 Å². The van der Waals surface area contributed by atoms with Crippen LogP contribution in [0.4, 0.5) is 15.8 Å². The lowest BCUT2D eigenvalue weighted by Crippen LogP contribution is -2.44. The molecule has 98 valence electrons. The molecule has 0 radical (unpaired) electrons. The second-order valence-electron chi connectivity index (χ2n) is 4.94. The normalized spacial score (nSPS) is 18.2. The molecule has 1 fully saturated rings. The first-order valence-corrected chi connectivity index (χ1v) is 5.88. The van der Waals surface area contributed by atoms with Gasteiger partial charge in [0.15, 0.2) is 5.82 Å². The summed E-state index contributed by atoms with van der Waals surface area (Å²) in [5, 5.41) is 13.6. The molecule has 18 heavy (non-hydrogen) atoms. The van der Waals surface area contributed by atoms with Gasteiger partial charge in [-0.25, -0.2) is 4.39 Å². The van der Waals surface area contributed by atoms with Gasteiger partial charge in [0.05, 0.1) is 16.7 Å². The minimum absolute atomic E-state index is 0.251. The van der Waals surface area contributed by atoms with Gasteiger partial charge >= 0.3 is 0 Å². The minimum atomic E-state index is -0.621. The van der Waals surface area contributed by atoms with Crippen molar-refractivity contribution in [2.24, 2.45) is 11.7 Å². The standard InChI is InChI=1S/C12H16FN3O2/c1-12(7-14,8-2-3-8)15-11-5-4-9(16(17)18)6-10(11)13/h4-6,8,15H,2-3,7,14H2,1H3. The lowest BCUT2D eigenvalue weighted by Gasteiger charge is -2.30. The Kier molecular flexibility index (Phi) is 3.21. The summed E-state index contributed by atoms with van der Waals surface area (Å²) in [5.74, 6) is -0.179. The van der Waals surface area contributed by atoms with Crippen LogP contribution in [0.15, 0.2) is 18.2 Å². The average Bonchev–Trinajstić information content (AvgIpc) is 3.15. The van der Waals surface area contributed by atoms with Crippen LogP contribution in [0.3, 0.4) is 0 Å². The van der Waals surface area contributed by atoms with Crippen LogP contribution in [0.5, 0.6) is 0 Å². The van der Waals surface area contributed by atoms with E-state index < -0.39 is 10.7 Å². The summed E-state index contributed by atoms with van der Waals surface area (Å²) in [7, 11) is 0. The molecule has 6 heteroatoms. The Bertz CT molecular complexity index is 476. The Labute approximate surface area is 104 Å². The fraction of sp³-hybridized carbons (Fsp3) is 0.500. The molecule has 3 N–H and O–H groups in total. The number of hydrogen-bond acceptors (Lipinski definition) is 4. The lowest BCUT2D eigenvalue weighted by molar-refractivity contribution is -0.385. The predicted molar refractivity (Wildman–Crippen MR) is 66.9 cm³/mol. The van der Waals surface area contributed by atoms with Gasteiger partial charge in [-0.1, -0.05) is 0 Å². The van der Waals surface area contributed by atoms with Gasteiger partial charge in [0.1, 0.15) is 0 Å². The summed E-state index contributed by atoms with van der Waals surface area (Å²) in [6.07, 6.45) is 2.16. The fourth-order valence-electron chi connectivity index (χ4n) is 2.07. The first-order valence-electron chi connectivity index (χ1n) is 5.88. The highest BCUT2D eigenvalue weighted by Gasteiger charge is 2.40. The van der Waals surface area contributed by atoms with E-state index in [4.69, 9.17) is 5.73 Å². The van der Waals surface area contributed by atoms with Crippen molar-refractivity contribution in [3.05, 3.63) is 34.1 Å². The quantitative estimate of drug-likeness (QED) is 0.623. The van der Waals surface area contributed by atoms with E-state index in [2.05, 4.69) is 5.32 Å². The van der Waals surface area contributed by atoms with Crippen molar-refractivity contribution in [3.63, 3.8) is 0 Å². The Balaban J connectivity index is 2.21. The topological polar surface area (TPSA) is 81.2 Å². The second-order valence-corrected chi connectivity index (χ2v) is 4.94. The molecule has 5 nitrogen and oxygen atoms in total. The molecule has 0 aromatic heterocycles. The second kappa shape index (κ2) is 4.53. The van der Waals surface area contributed by atoms with Crippen molar-refractivity contribution in [1.82, 2.24) is 0 Å². The molecule has 0 aliphatic heterocycles. The SMILES string of the molecule is CC(CN)(Nc1ccc([N+](=O)[O-])cc1F)C1CC1. The van der Waals surface area contributed by atoms with Gasteiger partial charge in [-0.05, 0) is 31.7 Å². The molecule has 1 aliphatic rings. The number of nitro groups is 1. The molecule has 0 heterocycles. The summed E-state index contributed by atoms with van der Waals surface area (Å²) in [4.78, 5) is 9.91. The van der Waals surface area contributed by atoms with Gasteiger partial charge in [0.2, 0.25) is 0 Å². The molecule has 1 atom stereocenters. The number of nitrogens with two attached hydrogens (primary N) is 1. The van der Waals surface area contributed by atoms with Crippen molar-refractivity contribution in [1.29, 1.82) is 0 Å². The molecular weight excluding hydrogens is 237 g/mol. The number of nitro benzene ring substituents is 1. The number of benzene rings is 1. The average molecular weight is 253 g/mol. The highest BCUT2D eigenvalue weighted by molar-refractivity contribution is 5.52. The van der Waals surface area contributed by atoms with Crippen LogP contribution in [0, 0.1) is 21.8 Å². The number of non-ortho nitro benzene ring substituents is 1. The molecule has 0 saturated heterocycles. The predicted octanol–water partition coefficient (Wildman–Crippen LogP) is 2.27. The fourth-order valence-corrected chi connectivity index (χ4v) is 2.07. The largest absolute Gasteiger partial charge is 0.376 e. The van der Waals surface area contributed by atoms with Crippen LogP contribution >= 0.6 is 0 Å². The number of anilines is 1. The molecule has 1 aromatic carbocycles. The van der Waals surface area contributed by atoms with Crippen LogP contribution in [0.2, 0.25) is 0 Å². The number of halogens is 1. The number of hydrogen-bond donors (Lipinski definition) is 2. The number of nitrogens with one attached hydrogen (secondary N) is 1. The van der Waals surface area contributed by atoms with E-state index in [0.717, 1.165) is 18.9 Å². The molecule has 2 rings (SSSR count). The molecule has 0 amide bonds. The molecule has 1 unspecified atom stereocenters. The van der Waals surface area contributed by atoms with E-state index in [1.54, 1.807) is 0 Å². The van der Waals surface area contributed by atoms with Gasteiger partial charge in [0.25, 0.3) is 5.69 Å². The van der Waals surface area contributed by atoms with Crippen LogP contribution < -0.4 is 11.1 Å². The van der Waals surface area contributed by atoms with Gasteiger partial charge in [0, 0.05) is 18.2 Å². The Morgan fingerprint density at radius 2 is 2.28 bits per heavy atom. The van der Waals surface area contributed by atoms with E-state index in [9.17, 15) is 14.5 Å². The Morgan fingerprint density at radius 3 is 2.72 bits per heavy atom. The highest BCUT2D eigenvalue weighted by atomic mass is 19.1. The highest BCUT2D eigenvalue weighted by Crippen LogP contribution is 2.41. The summed E-state index contributed by atoms with van der Waals surface area (Å²) in [5.41, 5.74) is 5.39. The van der Waals surface area contributed by atoms with E-state index >= 15 is 0 Å². The third-order valence-electron chi connectivity index (χ3n) is 3.49. The number of nitrogens with zero attached hydrogens (tertiary/aromatic N) is 1. The number of rotatable bonds is 5. The third kappa shape index (κ3) is 2.43. The Morgan fingerprint density at radius 1 is 1.61 bits per heavy atom. The van der Waals surface area contributed by atoms with E-state index in [-0.39, 0.29) is 16.9 Å². The maximum Gasteiger partial charge on any atom is 0.272 e. The molecule has 1 aliphatic carbocycles. The summed E-state index contributed by atoms with van der Waals surface area (Å²) < 4.78 is 13.8. The summed E-state index contributed by atoms with van der Waals surface area (Å²) in [6, 6.07) is 3.60. The molecule has 0 spiro atoms. The van der Waals surface area contributed by atoms with E-state index in [1.807, 2.05) is 6.92 Å². The van der Waals surface area contributed by atoms with Crippen molar-refractivity contribution in [2.45, 2.75) is 25.3 Å². The molecular formula is C12H16FN3O2. The smallest absolute Gasteiger partial charge is 0.272 e. The molecule has 0 bridgehead atoms. The zero-order valence-corrected chi connectivity index (χ0v) is 10.1. The molecule has 1 saturated carbocycles. The lowest BCUT2D eigenvalue weighted by atomic mass is 9.95. The Hall–Kier alpha value is -1.69. The van der Waals surface area contributed by atoms with Gasteiger partial charge in [-0.2, -0.15) is 0 Å². The molecule has 1 aromatic rings. The minimum Gasteiger partial charge on any atom is -0.376 e. The zero-order chi connectivity index (χ0) is 13.3. The zero-order valence-electron chi connectivity index (χ0n) is 10.1. The van der Waals surface area contributed by atoms with Crippen molar-refractivity contribution >= 4 is 11.4 Å². The maximum atomic E-state index is 13.8. The first kappa shape index (κ1) is 12.8.